The number of nitrogens with two attached hydrogens (primary N) is 1. The van der Waals surface area contributed by atoms with Gasteiger partial charge in [-0.05, 0) is 35.9 Å². The molecule has 0 bridgehead atoms. The van der Waals surface area contributed by atoms with Crippen molar-refractivity contribution < 1.29 is 24.2 Å². The number of nitrogen functional groups attached to an aromatic ring is 1. The van der Waals surface area contributed by atoms with Crippen LogP contribution in [0, 0.1) is 5.41 Å². The van der Waals surface area contributed by atoms with E-state index in [0.29, 0.717) is 10.6 Å². The molecule has 5 N–H and O–H groups in total. The summed E-state index contributed by atoms with van der Waals surface area (Å²) in [5.74, 6) is -0.612. The number of thiophene rings is 1. The predicted octanol–water partition coefficient (Wildman–Crippen LogP) is 5.25. The van der Waals surface area contributed by atoms with Crippen LogP contribution in [-0.4, -0.2) is 29.6 Å². The fourth-order valence-electron chi connectivity index (χ4n) is 3.36. The van der Waals surface area contributed by atoms with E-state index in [1.165, 1.54) is 23.5 Å². The van der Waals surface area contributed by atoms with Crippen LogP contribution in [0.3, 0.4) is 0 Å². The molecule has 4 aromatic rings. The average molecular weight is 476 g/mol. The first-order valence-electron chi connectivity index (χ1n) is 10.3. The van der Waals surface area contributed by atoms with E-state index in [2.05, 4.69) is 5.32 Å². The first kappa shape index (κ1) is 22.8. The van der Waals surface area contributed by atoms with Gasteiger partial charge in [0.25, 0.3) is 0 Å². The number of fused-ring (bicyclic) bond motifs is 1. The molecule has 0 saturated carbocycles. The van der Waals surface area contributed by atoms with Gasteiger partial charge >= 0.3 is 12.1 Å². The second-order valence-electron chi connectivity index (χ2n) is 7.28. The lowest BCUT2D eigenvalue weighted by atomic mass is 10.1. The third-order valence-corrected chi connectivity index (χ3v) is 6.12. The number of carbonyl (C=O) groups is 2. The number of hydrogen-bond acceptors (Lipinski definition) is 6. The fourth-order valence-corrected chi connectivity index (χ4v) is 4.30. The van der Waals surface area contributed by atoms with E-state index in [1.54, 1.807) is 24.3 Å². The predicted molar refractivity (Wildman–Crippen MR) is 131 cm³/mol. The van der Waals surface area contributed by atoms with Crippen molar-refractivity contribution in [2.45, 2.75) is 6.10 Å². The maximum atomic E-state index is 12.4. The maximum absolute atomic E-state index is 12.4. The smallest absolute Gasteiger partial charge is 0.411 e. The van der Waals surface area contributed by atoms with E-state index in [4.69, 9.17) is 20.6 Å². The number of carboxylic acid groups (broad SMARTS) is 1. The van der Waals surface area contributed by atoms with Crippen molar-refractivity contribution in [1.29, 1.82) is 5.41 Å². The van der Waals surface area contributed by atoms with Crippen LogP contribution in [-0.2, 0) is 4.74 Å². The first-order valence-corrected chi connectivity index (χ1v) is 11.1. The summed E-state index contributed by atoms with van der Waals surface area (Å²) >= 11 is 1.39. The molecule has 1 amide bonds. The molecule has 1 aromatic heterocycles. The van der Waals surface area contributed by atoms with Gasteiger partial charge in [-0.25, -0.2) is 9.59 Å². The van der Waals surface area contributed by atoms with Gasteiger partial charge in [-0.15, -0.1) is 11.3 Å². The number of anilines is 1. The van der Waals surface area contributed by atoms with E-state index in [0.717, 1.165) is 15.6 Å². The molecule has 0 radical (unpaired) electrons. The van der Waals surface area contributed by atoms with Crippen molar-refractivity contribution in [2.24, 2.45) is 5.73 Å². The quantitative estimate of drug-likeness (QED) is 0.203. The molecule has 34 heavy (non-hydrogen) atoms. The second-order valence-corrected chi connectivity index (χ2v) is 8.37. The van der Waals surface area contributed by atoms with Crippen molar-refractivity contribution in [3.63, 3.8) is 0 Å². The molecule has 0 aliphatic rings. The van der Waals surface area contributed by atoms with E-state index >= 15 is 0 Å². The highest BCUT2D eigenvalue weighted by Crippen LogP contribution is 2.35. The molecule has 3 aromatic carbocycles. The van der Waals surface area contributed by atoms with Crippen molar-refractivity contribution in [1.82, 2.24) is 0 Å². The Hall–Kier alpha value is -4.37. The zero-order valence-electron chi connectivity index (χ0n) is 17.9. The normalized spacial score (nSPS) is 11.5. The number of para-hydroxylation sites is 1. The Morgan fingerprint density at radius 3 is 2.50 bits per heavy atom. The Labute approximate surface area is 199 Å². The van der Waals surface area contributed by atoms with Gasteiger partial charge in [0, 0.05) is 10.1 Å². The van der Waals surface area contributed by atoms with Crippen LogP contribution in [0.15, 0.2) is 78.9 Å². The summed E-state index contributed by atoms with van der Waals surface area (Å²) in [7, 11) is 0. The molecular formula is C25H21N3O5S. The van der Waals surface area contributed by atoms with Gasteiger partial charge in [0.2, 0.25) is 0 Å². The van der Waals surface area contributed by atoms with Gasteiger partial charge in [-0.1, -0.05) is 48.5 Å². The third-order valence-electron chi connectivity index (χ3n) is 4.99. The molecule has 0 spiro atoms. The van der Waals surface area contributed by atoms with Crippen molar-refractivity contribution >= 4 is 45.0 Å². The number of amides is 1. The Balaban J connectivity index is 1.54. The molecule has 0 fully saturated rings. The number of hydrogen-bond donors (Lipinski definition) is 4. The lowest BCUT2D eigenvalue weighted by Crippen LogP contribution is -2.22. The van der Waals surface area contributed by atoms with Gasteiger partial charge in [0.05, 0.1) is 16.1 Å². The zero-order valence-corrected chi connectivity index (χ0v) is 18.7. The number of aromatic carboxylic acids is 1. The summed E-state index contributed by atoms with van der Waals surface area (Å²) in [5.41, 5.74) is 6.53. The molecule has 0 aliphatic heterocycles. The lowest BCUT2D eigenvalue weighted by molar-refractivity contribution is 0.0698. The molecule has 8 nitrogen and oxygen atoms in total. The third kappa shape index (κ3) is 5.16. The van der Waals surface area contributed by atoms with Gasteiger partial charge in [-0.3, -0.25) is 10.7 Å². The Morgan fingerprint density at radius 2 is 1.76 bits per heavy atom. The minimum Gasteiger partial charge on any atom is -0.481 e. The number of rotatable bonds is 8. The topological polar surface area (TPSA) is 135 Å². The summed E-state index contributed by atoms with van der Waals surface area (Å²) < 4.78 is 12.6. The molecule has 9 heteroatoms. The number of ether oxygens (including phenoxy) is 2. The Bertz CT molecular complexity index is 1350. The highest BCUT2D eigenvalue weighted by molar-refractivity contribution is 7.20. The second kappa shape index (κ2) is 10.1. The van der Waals surface area contributed by atoms with Crippen molar-refractivity contribution in [3.05, 3.63) is 94.9 Å². The molecule has 1 unspecified atom stereocenters. The van der Waals surface area contributed by atoms with Crippen LogP contribution in [0.4, 0.5) is 10.5 Å². The molecule has 4 rings (SSSR count). The van der Waals surface area contributed by atoms with E-state index in [1.807, 2.05) is 42.5 Å². The van der Waals surface area contributed by atoms with Crippen LogP contribution in [0.2, 0.25) is 0 Å². The molecule has 172 valence electrons. The number of benzene rings is 3. The molecule has 0 saturated heterocycles. The summed E-state index contributed by atoms with van der Waals surface area (Å²) in [4.78, 5) is 24.5. The molecule has 1 heterocycles. The highest BCUT2D eigenvalue weighted by Gasteiger charge is 2.20. The van der Waals surface area contributed by atoms with Gasteiger partial charge in [0.15, 0.2) is 6.10 Å². The molecule has 0 aliphatic carbocycles. The van der Waals surface area contributed by atoms with E-state index < -0.39 is 18.2 Å². The van der Waals surface area contributed by atoms with Gasteiger partial charge < -0.3 is 20.3 Å². The fraction of sp³-hybridized carbons (Fsp3) is 0.0800. The Kier molecular flexibility index (Phi) is 6.74. The minimum atomic E-state index is -1.16. The number of carbonyl (C=O) groups excluding carboxylic acids is 1. The van der Waals surface area contributed by atoms with Crippen molar-refractivity contribution in [2.75, 3.05) is 11.9 Å². The van der Waals surface area contributed by atoms with E-state index in [9.17, 15) is 14.7 Å². The van der Waals surface area contributed by atoms with Crippen LogP contribution in [0.5, 0.6) is 5.75 Å². The summed E-state index contributed by atoms with van der Waals surface area (Å²) in [6.45, 7) is -0.120. The average Bonchev–Trinajstić information content (AvgIpc) is 3.28. The summed E-state index contributed by atoms with van der Waals surface area (Å²) in [6.07, 6.45) is -1.43. The summed E-state index contributed by atoms with van der Waals surface area (Å²) in [5, 5.41) is 20.3. The Morgan fingerprint density at radius 1 is 1.03 bits per heavy atom. The van der Waals surface area contributed by atoms with Crippen LogP contribution < -0.4 is 15.8 Å². The largest absolute Gasteiger partial charge is 0.481 e. The maximum Gasteiger partial charge on any atom is 0.411 e. The molecule has 1 atom stereocenters. The standard InChI is InChI=1S/C25H21N3O5S/c26-23(27)22-13-17-19(11-6-12-21(17)34-22)33-20(15-7-2-1-3-8-15)14-32-25(31)28-18-10-5-4-9-16(18)24(29)30/h1-13,20H,14H2,(H3,26,27)(H,28,31)(H,29,30). The highest BCUT2D eigenvalue weighted by atomic mass is 32.1. The SMILES string of the molecule is N=C(N)c1cc2c(OC(COC(=O)Nc3ccccc3C(=O)O)c3ccccc3)cccc2s1. The molecular weight excluding hydrogens is 454 g/mol. The lowest BCUT2D eigenvalue weighted by Gasteiger charge is -2.20. The minimum absolute atomic E-state index is 0.0200. The first-order chi connectivity index (χ1) is 16.4. The summed E-state index contributed by atoms with van der Waals surface area (Å²) in [6, 6.07) is 22.7. The number of amidine groups is 1. The van der Waals surface area contributed by atoms with Crippen LogP contribution >= 0.6 is 11.3 Å². The van der Waals surface area contributed by atoms with Crippen LogP contribution in [0.25, 0.3) is 10.1 Å². The van der Waals surface area contributed by atoms with Gasteiger partial charge in [0.1, 0.15) is 18.2 Å². The number of carboxylic acids is 1. The van der Waals surface area contributed by atoms with Gasteiger partial charge in [-0.2, -0.15) is 0 Å². The van der Waals surface area contributed by atoms with Crippen LogP contribution in [0.1, 0.15) is 26.9 Å². The van der Waals surface area contributed by atoms with Crippen molar-refractivity contribution in [3.8, 4) is 5.75 Å². The van der Waals surface area contributed by atoms with E-state index in [-0.39, 0.29) is 23.7 Å². The monoisotopic (exact) mass is 475 g/mol. The zero-order chi connectivity index (χ0) is 24.1. The number of nitrogens with one attached hydrogen (secondary N) is 2.